The summed E-state index contributed by atoms with van der Waals surface area (Å²) < 4.78 is 1.17. The Kier molecular flexibility index (Phi) is 3.92. The summed E-state index contributed by atoms with van der Waals surface area (Å²) in [5.74, 6) is 0.102. The number of amides is 1. The van der Waals surface area contributed by atoms with Gasteiger partial charge in [-0.15, -0.1) is 0 Å². The first-order valence-corrected chi connectivity index (χ1v) is 8.89. The van der Waals surface area contributed by atoms with Crippen LogP contribution in [-0.4, -0.2) is 28.3 Å². The fourth-order valence-corrected chi connectivity index (χ4v) is 4.61. The van der Waals surface area contributed by atoms with Crippen LogP contribution < -0.4 is 9.25 Å². The average molecular weight is 367 g/mol. The maximum absolute atomic E-state index is 12.3. The number of carbonyl (C=O) groups excluding carboxylic acids is 1. The Labute approximate surface area is 147 Å². The molecule has 1 aliphatic rings. The van der Waals surface area contributed by atoms with Crippen molar-refractivity contribution >= 4 is 32.8 Å². The van der Waals surface area contributed by atoms with Gasteiger partial charge in [0, 0.05) is 0 Å². The third kappa shape index (κ3) is 2.64. The van der Waals surface area contributed by atoms with E-state index >= 15 is 0 Å². The molecule has 1 atom stereocenters. The molecule has 0 aliphatic carbocycles. The van der Waals surface area contributed by atoms with Gasteiger partial charge >= 0.3 is 147 Å². The van der Waals surface area contributed by atoms with E-state index in [0.717, 1.165) is 12.1 Å². The second-order valence-electron chi connectivity index (χ2n) is 7.24. The second-order valence-corrected chi connectivity index (χ2v) is 8.33. The Bertz CT molecular complexity index is 753. The maximum atomic E-state index is 12.3. The average Bonchev–Trinajstić information content (AvgIpc) is 2.48. The van der Waals surface area contributed by atoms with E-state index < -0.39 is 0 Å². The van der Waals surface area contributed by atoms with Crippen LogP contribution in [0.25, 0.3) is 0 Å². The first-order valence-electron chi connectivity index (χ1n) is 7.95. The molecule has 0 bridgehead atoms. The first kappa shape index (κ1) is 16.3. The minimum absolute atomic E-state index is 0.102. The van der Waals surface area contributed by atoms with Crippen molar-refractivity contribution in [3.63, 3.8) is 0 Å². The Balaban J connectivity index is 2.30. The molecule has 0 spiro atoms. The number of benzene rings is 2. The molecule has 3 rings (SSSR count). The fourth-order valence-electron chi connectivity index (χ4n) is 4.19. The van der Waals surface area contributed by atoms with Crippen molar-refractivity contribution in [3.8, 4) is 0 Å². The van der Waals surface area contributed by atoms with E-state index in [2.05, 4.69) is 86.2 Å². The quantitative estimate of drug-likeness (QED) is 0.708. The van der Waals surface area contributed by atoms with Gasteiger partial charge in [0.25, 0.3) is 0 Å². The molecule has 0 saturated carbocycles. The van der Waals surface area contributed by atoms with Gasteiger partial charge < -0.3 is 0 Å². The van der Waals surface area contributed by atoms with Crippen LogP contribution in [0.1, 0.15) is 45.2 Å². The van der Waals surface area contributed by atoms with Crippen LogP contribution >= 0.6 is 0 Å². The van der Waals surface area contributed by atoms with E-state index in [1.807, 2.05) is 4.90 Å². The normalized spacial score (nSPS) is 22.6. The molecular weight excluding hydrogens is 345 g/mol. The molecular formula is C20H22AsNO. The molecule has 118 valence electrons. The first-order chi connectivity index (χ1) is 10.8. The molecule has 1 aliphatic heterocycles. The molecule has 1 heterocycles. The number of hydrogen-bond acceptors (Lipinski definition) is 1. The number of rotatable bonds is 1. The molecule has 0 aromatic heterocycles. The van der Waals surface area contributed by atoms with Crippen LogP contribution in [0.15, 0.2) is 48.5 Å². The molecule has 23 heavy (non-hydrogen) atoms. The zero-order chi connectivity index (χ0) is 16.8. The molecule has 2 nitrogen and oxygen atoms in total. The van der Waals surface area contributed by atoms with Crippen LogP contribution in [-0.2, 0) is 10.2 Å². The van der Waals surface area contributed by atoms with Gasteiger partial charge in [-0.1, -0.05) is 0 Å². The number of anilines is 1. The predicted octanol–water partition coefficient (Wildman–Crippen LogP) is 3.32. The number of hydrogen-bond donors (Lipinski definition) is 0. The van der Waals surface area contributed by atoms with Crippen LogP contribution in [0.2, 0.25) is 0 Å². The van der Waals surface area contributed by atoms with Crippen molar-refractivity contribution in [2.75, 3.05) is 4.90 Å². The van der Waals surface area contributed by atoms with Gasteiger partial charge in [0.2, 0.25) is 0 Å². The minimum atomic E-state index is -0.229. The van der Waals surface area contributed by atoms with Crippen LogP contribution in [0.5, 0.6) is 0 Å². The van der Waals surface area contributed by atoms with Crippen molar-refractivity contribution in [3.05, 3.63) is 59.7 Å². The molecule has 1 unspecified atom stereocenters. The molecule has 3 heteroatoms. The summed E-state index contributed by atoms with van der Waals surface area (Å²) in [5.41, 5.74) is 3.23. The predicted molar refractivity (Wildman–Crippen MR) is 96.6 cm³/mol. The molecule has 0 saturated heterocycles. The monoisotopic (exact) mass is 367 g/mol. The van der Waals surface area contributed by atoms with Crippen LogP contribution in [0.3, 0.4) is 0 Å². The van der Waals surface area contributed by atoms with Gasteiger partial charge in [-0.3, -0.25) is 0 Å². The van der Waals surface area contributed by atoms with E-state index in [-0.39, 0.29) is 16.9 Å². The molecule has 2 aromatic rings. The van der Waals surface area contributed by atoms with E-state index in [9.17, 15) is 4.79 Å². The number of nitrogens with zero attached hydrogens (tertiary/aromatic N) is 1. The molecule has 2 aromatic carbocycles. The van der Waals surface area contributed by atoms with Crippen molar-refractivity contribution in [2.24, 2.45) is 0 Å². The number of fused-ring (bicyclic) bond motifs is 1. The van der Waals surface area contributed by atoms with Gasteiger partial charge in [0.15, 0.2) is 0 Å². The summed E-state index contributed by atoms with van der Waals surface area (Å²) in [4.78, 5) is 14.3. The van der Waals surface area contributed by atoms with Crippen molar-refractivity contribution in [2.45, 2.75) is 45.1 Å². The summed E-state index contributed by atoms with van der Waals surface area (Å²) in [7, 11) is 0. The Morgan fingerprint density at radius 3 is 2.35 bits per heavy atom. The Morgan fingerprint density at radius 2 is 1.74 bits per heavy atom. The van der Waals surface area contributed by atoms with E-state index in [4.69, 9.17) is 0 Å². The Hall–Kier alpha value is -1.53. The van der Waals surface area contributed by atoms with Gasteiger partial charge in [0.05, 0.1) is 0 Å². The SMILES string of the molecule is CC(=O)N1c2ccc([As])cc2C(C)(c2ccccc2)CC1(C)C. The second kappa shape index (κ2) is 5.53. The molecule has 2 radical (unpaired) electrons. The van der Waals surface area contributed by atoms with Gasteiger partial charge in [-0.25, -0.2) is 0 Å². The van der Waals surface area contributed by atoms with E-state index in [1.165, 1.54) is 15.5 Å². The fraction of sp³-hybridized carbons (Fsp3) is 0.350. The number of carbonyl (C=O) groups is 1. The molecule has 1 amide bonds. The van der Waals surface area contributed by atoms with Gasteiger partial charge in [-0.05, 0) is 0 Å². The third-order valence-electron chi connectivity index (χ3n) is 4.93. The Morgan fingerprint density at radius 1 is 1.09 bits per heavy atom. The van der Waals surface area contributed by atoms with Crippen molar-refractivity contribution in [1.82, 2.24) is 0 Å². The summed E-state index contributed by atoms with van der Waals surface area (Å²) in [6.45, 7) is 8.28. The van der Waals surface area contributed by atoms with E-state index in [0.29, 0.717) is 0 Å². The van der Waals surface area contributed by atoms with Crippen LogP contribution in [0, 0.1) is 0 Å². The zero-order valence-corrected chi connectivity index (χ0v) is 16.0. The summed E-state index contributed by atoms with van der Waals surface area (Å²) >= 11 is 2.61. The summed E-state index contributed by atoms with van der Waals surface area (Å²) in [6.07, 6.45) is 0.896. The van der Waals surface area contributed by atoms with Crippen molar-refractivity contribution < 1.29 is 4.79 Å². The molecule has 0 fully saturated rings. The van der Waals surface area contributed by atoms with Gasteiger partial charge in [0.1, 0.15) is 0 Å². The van der Waals surface area contributed by atoms with Gasteiger partial charge in [-0.2, -0.15) is 0 Å². The standard InChI is InChI=1S/C20H22AsNO/c1-14(23)22-18-11-10-16(21)12-17(18)20(4,13-19(22,2)3)15-8-6-5-7-9-15/h5-12H,13H2,1-4H3. The third-order valence-corrected chi connectivity index (χ3v) is 5.52. The van der Waals surface area contributed by atoms with E-state index in [1.54, 1.807) is 6.92 Å². The summed E-state index contributed by atoms with van der Waals surface area (Å²) in [5, 5.41) is 0. The van der Waals surface area contributed by atoms with Crippen molar-refractivity contribution in [1.29, 1.82) is 0 Å². The zero-order valence-electron chi connectivity index (χ0n) is 14.1. The topological polar surface area (TPSA) is 20.3 Å². The summed E-state index contributed by atoms with van der Waals surface area (Å²) in [6, 6.07) is 17.0. The van der Waals surface area contributed by atoms with Crippen LogP contribution in [0.4, 0.5) is 5.69 Å². The molecule has 0 N–H and O–H groups in total.